The number of imidazole rings is 1. The van der Waals surface area contributed by atoms with Crippen molar-refractivity contribution in [3.63, 3.8) is 0 Å². The number of fused-ring (bicyclic) bond motifs is 1. The molecule has 0 saturated heterocycles. The molecule has 1 aromatic rings. The molecule has 2 rings (SSSR count). The lowest BCUT2D eigenvalue weighted by Crippen LogP contribution is -2.27. The van der Waals surface area contributed by atoms with E-state index in [9.17, 15) is 8.42 Å². The second-order valence-corrected chi connectivity index (χ2v) is 6.68. The summed E-state index contributed by atoms with van der Waals surface area (Å²) in [6.07, 6.45) is 4.00. The van der Waals surface area contributed by atoms with Crippen molar-refractivity contribution in [1.29, 1.82) is 0 Å². The molecule has 1 aliphatic rings. The van der Waals surface area contributed by atoms with Crippen LogP contribution < -0.4 is 4.72 Å². The van der Waals surface area contributed by atoms with Crippen LogP contribution in [0.25, 0.3) is 0 Å². The maximum Gasteiger partial charge on any atom is 0.215 e. The normalized spacial score (nSPS) is 14.8. The fraction of sp³-hybridized carbons (Fsp3) is 0.500. The molecule has 0 radical (unpaired) electrons. The maximum absolute atomic E-state index is 11.3. The molecule has 1 aromatic heterocycles. The van der Waals surface area contributed by atoms with E-state index in [0.29, 0.717) is 13.0 Å². The third-order valence-electron chi connectivity index (χ3n) is 2.39. The van der Waals surface area contributed by atoms with Crippen LogP contribution in [0, 0.1) is 0 Å². The molecule has 17 heavy (non-hydrogen) atoms. The molecule has 94 valence electrons. The number of hydrogen-bond donors (Lipinski definition) is 1. The topological polar surface area (TPSA) is 64.0 Å². The minimum atomic E-state index is -3.20. The number of sulfonamides is 1. The molecular formula is C10H15N3O2S2. The number of hydrogen-bond acceptors (Lipinski definition) is 4. The minimum Gasteiger partial charge on any atom is -0.325 e. The van der Waals surface area contributed by atoms with Crippen molar-refractivity contribution >= 4 is 21.8 Å². The molecule has 0 spiro atoms. The maximum atomic E-state index is 11.3. The first kappa shape index (κ1) is 12.7. The van der Waals surface area contributed by atoms with Gasteiger partial charge in [-0.3, -0.25) is 0 Å². The van der Waals surface area contributed by atoms with Crippen molar-refractivity contribution in [2.24, 2.45) is 0 Å². The Labute approximate surface area is 105 Å². The molecular weight excluding hydrogens is 258 g/mol. The molecule has 0 amide bonds. The van der Waals surface area contributed by atoms with Crippen LogP contribution in [-0.2, 0) is 23.0 Å². The summed E-state index contributed by atoms with van der Waals surface area (Å²) in [5.74, 6) is 1.04. The van der Waals surface area contributed by atoms with Crippen LogP contribution in [0.15, 0.2) is 24.0 Å². The van der Waals surface area contributed by atoms with E-state index in [2.05, 4.69) is 20.9 Å². The van der Waals surface area contributed by atoms with Gasteiger partial charge in [0.15, 0.2) is 5.16 Å². The Morgan fingerprint density at radius 1 is 1.65 bits per heavy atom. The number of rotatable bonds is 6. The summed E-state index contributed by atoms with van der Waals surface area (Å²) in [6.45, 7) is 4.79. The van der Waals surface area contributed by atoms with E-state index in [1.807, 2.05) is 6.20 Å². The van der Waals surface area contributed by atoms with Crippen LogP contribution in [0.5, 0.6) is 0 Å². The fourth-order valence-corrected chi connectivity index (χ4v) is 3.43. The lowest BCUT2D eigenvalue weighted by molar-refractivity contribution is 0.584. The monoisotopic (exact) mass is 273 g/mol. The zero-order valence-corrected chi connectivity index (χ0v) is 11.1. The van der Waals surface area contributed by atoms with Gasteiger partial charge in [-0.05, 0) is 0 Å². The van der Waals surface area contributed by atoms with E-state index in [-0.39, 0.29) is 5.75 Å². The van der Waals surface area contributed by atoms with Gasteiger partial charge in [0, 0.05) is 31.5 Å². The van der Waals surface area contributed by atoms with E-state index in [1.54, 1.807) is 11.8 Å². The highest BCUT2D eigenvalue weighted by Crippen LogP contribution is 2.24. The number of aromatic nitrogens is 2. The number of thioether (sulfide) groups is 1. The summed E-state index contributed by atoms with van der Waals surface area (Å²) in [5, 5.41) is 1.04. The van der Waals surface area contributed by atoms with Crippen molar-refractivity contribution in [1.82, 2.24) is 14.3 Å². The summed E-state index contributed by atoms with van der Waals surface area (Å²) in [6, 6.07) is 0. The highest BCUT2D eigenvalue weighted by atomic mass is 32.2. The number of aryl methyl sites for hydroxylation is 1. The Morgan fingerprint density at radius 3 is 3.18 bits per heavy atom. The van der Waals surface area contributed by atoms with Gasteiger partial charge in [0.25, 0.3) is 0 Å². The van der Waals surface area contributed by atoms with Gasteiger partial charge >= 0.3 is 0 Å². The Bertz CT molecular complexity index is 486. The highest BCUT2D eigenvalue weighted by Gasteiger charge is 2.14. The van der Waals surface area contributed by atoms with Gasteiger partial charge in [-0.2, -0.15) is 0 Å². The summed E-state index contributed by atoms with van der Waals surface area (Å²) in [7, 11) is -3.20. The largest absolute Gasteiger partial charge is 0.325 e. The molecule has 1 N–H and O–H groups in total. The first-order chi connectivity index (χ1) is 8.11. The van der Waals surface area contributed by atoms with Crippen LogP contribution in [0.1, 0.15) is 5.69 Å². The standard InChI is InChI=1S/C10H15N3O2S2/c1-2-7-17(14,15)11-4-3-9-8-13-5-6-16-10(13)12-9/h2,8,11H,1,3-7H2. The minimum absolute atomic E-state index is 0.0391. The smallest absolute Gasteiger partial charge is 0.215 e. The first-order valence-electron chi connectivity index (χ1n) is 5.38. The molecule has 7 heteroatoms. The van der Waals surface area contributed by atoms with E-state index >= 15 is 0 Å². The SMILES string of the molecule is C=CCS(=O)(=O)NCCc1cn2c(n1)SCC2. The quantitative estimate of drug-likeness (QED) is 0.772. The second kappa shape index (κ2) is 5.24. The predicted octanol–water partition coefficient (Wildman–Crippen LogP) is 0.637. The molecule has 0 fully saturated rings. The molecule has 0 aromatic carbocycles. The molecule has 1 aliphatic heterocycles. The van der Waals surface area contributed by atoms with E-state index < -0.39 is 10.0 Å². The molecule has 2 heterocycles. The van der Waals surface area contributed by atoms with Crippen molar-refractivity contribution in [3.8, 4) is 0 Å². The first-order valence-corrected chi connectivity index (χ1v) is 8.01. The number of nitrogens with zero attached hydrogens (tertiary/aromatic N) is 2. The van der Waals surface area contributed by atoms with Crippen LogP contribution in [0.3, 0.4) is 0 Å². The predicted molar refractivity (Wildman–Crippen MR) is 68.6 cm³/mol. The summed E-state index contributed by atoms with van der Waals surface area (Å²) in [4.78, 5) is 4.43. The Kier molecular flexibility index (Phi) is 3.90. The highest BCUT2D eigenvalue weighted by molar-refractivity contribution is 7.99. The molecule has 0 atom stereocenters. The summed E-state index contributed by atoms with van der Waals surface area (Å²) >= 11 is 1.74. The molecule has 0 aliphatic carbocycles. The van der Waals surface area contributed by atoms with Gasteiger partial charge in [0.05, 0.1) is 11.4 Å². The lowest BCUT2D eigenvalue weighted by atomic mass is 10.3. The van der Waals surface area contributed by atoms with Gasteiger partial charge in [-0.25, -0.2) is 18.1 Å². The molecule has 0 unspecified atom stereocenters. The zero-order valence-electron chi connectivity index (χ0n) is 9.42. The summed E-state index contributed by atoms with van der Waals surface area (Å²) in [5.41, 5.74) is 0.938. The molecule has 5 nitrogen and oxygen atoms in total. The molecule has 0 bridgehead atoms. The molecule has 0 saturated carbocycles. The number of nitrogens with one attached hydrogen (secondary N) is 1. The van der Waals surface area contributed by atoms with Crippen molar-refractivity contribution < 1.29 is 8.42 Å². The third kappa shape index (κ3) is 3.34. The fourth-order valence-electron chi connectivity index (χ4n) is 1.63. The van der Waals surface area contributed by atoms with Crippen LogP contribution in [0.2, 0.25) is 0 Å². The van der Waals surface area contributed by atoms with Crippen molar-refractivity contribution in [2.75, 3.05) is 18.1 Å². The van der Waals surface area contributed by atoms with E-state index in [0.717, 1.165) is 23.1 Å². The van der Waals surface area contributed by atoms with E-state index in [1.165, 1.54) is 6.08 Å². The van der Waals surface area contributed by atoms with Crippen molar-refractivity contribution in [2.45, 2.75) is 18.1 Å². The second-order valence-electron chi connectivity index (χ2n) is 3.77. The van der Waals surface area contributed by atoms with Crippen LogP contribution >= 0.6 is 11.8 Å². The van der Waals surface area contributed by atoms with E-state index in [4.69, 9.17) is 0 Å². The lowest BCUT2D eigenvalue weighted by Gasteiger charge is -2.02. The Balaban J connectivity index is 1.84. The van der Waals surface area contributed by atoms with Gasteiger partial charge in [0.1, 0.15) is 0 Å². The van der Waals surface area contributed by atoms with Crippen LogP contribution in [-0.4, -0.2) is 36.0 Å². The zero-order chi connectivity index (χ0) is 12.3. The Morgan fingerprint density at radius 2 is 2.47 bits per heavy atom. The Hall–Kier alpha value is -0.790. The average Bonchev–Trinajstić information content (AvgIpc) is 2.76. The summed E-state index contributed by atoms with van der Waals surface area (Å²) < 4.78 is 27.3. The van der Waals surface area contributed by atoms with Gasteiger partial charge in [-0.1, -0.05) is 17.8 Å². The average molecular weight is 273 g/mol. The van der Waals surface area contributed by atoms with Crippen molar-refractivity contribution in [3.05, 3.63) is 24.5 Å². The van der Waals surface area contributed by atoms with Gasteiger partial charge < -0.3 is 4.57 Å². The third-order valence-corrected chi connectivity index (χ3v) is 4.68. The van der Waals surface area contributed by atoms with Gasteiger partial charge in [0.2, 0.25) is 10.0 Å². The van der Waals surface area contributed by atoms with Gasteiger partial charge in [-0.15, -0.1) is 6.58 Å². The van der Waals surface area contributed by atoms with Crippen LogP contribution in [0.4, 0.5) is 0 Å².